The van der Waals surface area contributed by atoms with Crippen LogP contribution in [0.5, 0.6) is 0 Å². The summed E-state index contributed by atoms with van der Waals surface area (Å²) in [5, 5.41) is 2.57. The highest BCUT2D eigenvalue weighted by atomic mass is 32.2. The second-order valence-corrected chi connectivity index (χ2v) is 6.31. The number of hydrogen-bond donors (Lipinski definition) is 2. The van der Waals surface area contributed by atoms with Crippen LogP contribution in [-0.2, 0) is 21.4 Å². The number of anilines is 1. The number of sulfonamides is 1. The maximum absolute atomic E-state index is 12.1. The van der Waals surface area contributed by atoms with Gasteiger partial charge in [0.2, 0.25) is 15.9 Å². The van der Waals surface area contributed by atoms with Gasteiger partial charge in [0.05, 0.1) is 11.4 Å². The quantitative estimate of drug-likeness (QED) is 0.884. The lowest BCUT2D eigenvalue weighted by Gasteiger charge is -2.07. The summed E-state index contributed by atoms with van der Waals surface area (Å²) < 4.78 is 32.0. The van der Waals surface area contributed by atoms with Gasteiger partial charge >= 0.3 is 0 Å². The Hall–Kier alpha value is -2.12. The van der Waals surface area contributed by atoms with Crippen molar-refractivity contribution in [3.63, 3.8) is 0 Å². The Kier molecular flexibility index (Phi) is 4.44. The Balaban J connectivity index is 2.06. The standard InChI is InChI=1S/C14H16N2O4S/c1-10-3-6-13(20-10)9-15-21(18,19)14-7-4-12(5-8-14)16-11(2)17/h3-8,15H,9H2,1-2H3,(H,16,17). The molecular weight excluding hydrogens is 292 g/mol. The molecule has 6 nitrogen and oxygen atoms in total. The fourth-order valence-corrected chi connectivity index (χ4v) is 2.74. The van der Waals surface area contributed by atoms with Gasteiger partial charge in [-0.15, -0.1) is 0 Å². The number of carbonyl (C=O) groups is 1. The third kappa shape index (κ3) is 4.17. The number of hydrogen-bond acceptors (Lipinski definition) is 4. The van der Waals surface area contributed by atoms with Gasteiger partial charge in [-0.05, 0) is 43.3 Å². The van der Waals surface area contributed by atoms with Crippen LogP contribution in [0.1, 0.15) is 18.4 Å². The fourth-order valence-electron chi connectivity index (χ4n) is 1.75. The molecule has 1 aromatic heterocycles. The van der Waals surface area contributed by atoms with Crippen LogP contribution in [0.2, 0.25) is 0 Å². The van der Waals surface area contributed by atoms with E-state index >= 15 is 0 Å². The largest absolute Gasteiger partial charge is 0.465 e. The van der Waals surface area contributed by atoms with Gasteiger partial charge in [0.25, 0.3) is 0 Å². The van der Waals surface area contributed by atoms with Crippen molar-refractivity contribution in [2.45, 2.75) is 25.3 Å². The molecule has 1 heterocycles. The van der Waals surface area contributed by atoms with Crippen LogP contribution in [0.15, 0.2) is 45.7 Å². The fraction of sp³-hybridized carbons (Fsp3) is 0.214. The minimum absolute atomic E-state index is 0.0869. The van der Waals surface area contributed by atoms with Crippen LogP contribution >= 0.6 is 0 Å². The lowest BCUT2D eigenvalue weighted by atomic mass is 10.3. The van der Waals surface area contributed by atoms with Gasteiger partial charge in [-0.2, -0.15) is 0 Å². The Bertz CT molecular complexity index is 733. The average Bonchev–Trinajstić information content (AvgIpc) is 2.82. The summed E-state index contributed by atoms with van der Waals surface area (Å²) in [6.45, 7) is 3.26. The first-order chi connectivity index (χ1) is 9.87. The summed E-state index contributed by atoms with van der Waals surface area (Å²) in [5.41, 5.74) is 0.545. The molecule has 0 aliphatic carbocycles. The van der Waals surface area contributed by atoms with E-state index < -0.39 is 10.0 Å². The Morgan fingerprint density at radius 3 is 2.33 bits per heavy atom. The molecule has 0 spiro atoms. The molecule has 2 rings (SSSR count). The predicted molar refractivity (Wildman–Crippen MR) is 78.2 cm³/mol. The summed E-state index contributed by atoms with van der Waals surface area (Å²) in [5.74, 6) is 1.06. The van der Waals surface area contributed by atoms with Crippen molar-refractivity contribution < 1.29 is 17.6 Å². The topological polar surface area (TPSA) is 88.4 Å². The van der Waals surface area contributed by atoms with Crippen LogP contribution in [0.4, 0.5) is 5.69 Å². The predicted octanol–water partition coefficient (Wildman–Crippen LogP) is 2.02. The lowest BCUT2D eigenvalue weighted by molar-refractivity contribution is -0.114. The first-order valence-corrected chi connectivity index (χ1v) is 7.78. The molecule has 0 saturated heterocycles. The van der Waals surface area contributed by atoms with E-state index in [2.05, 4.69) is 10.0 Å². The highest BCUT2D eigenvalue weighted by molar-refractivity contribution is 7.89. The second kappa shape index (κ2) is 6.11. The summed E-state index contributed by atoms with van der Waals surface area (Å²) in [6.07, 6.45) is 0. The number of benzene rings is 1. The first-order valence-electron chi connectivity index (χ1n) is 6.29. The number of nitrogens with one attached hydrogen (secondary N) is 2. The lowest BCUT2D eigenvalue weighted by Crippen LogP contribution is -2.23. The van der Waals surface area contributed by atoms with Crippen molar-refractivity contribution in [1.82, 2.24) is 4.72 Å². The minimum Gasteiger partial charge on any atom is -0.465 e. The molecule has 112 valence electrons. The smallest absolute Gasteiger partial charge is 0.240 e. The molecule has 0 bridgehead atoms. The molecule has 2 N–H and O–H groups in total. The molecule has 21 heavy (non-hydrogen) atoms. The summed E-state index contributed by atoms with van der Waals surface area (Å²) in [7, 11) is -3.62. The van der Waals surface area contributed by atoms with E-state index in [0.717, 1.165) is 5.76 Å². The van der Waals surface area contributed by atoms with Gasteiger partial charge in [0, 0.05) is 12.6 Å². The van der Waals surface area contributed by atoms with E-state index in [4.69, 9.17) is 4.42 Å². The van der Waals surface area contributed by atoms with E-state index in [-0.39, 0.29) is 17.3 Å². The zero-order valence-electron chi connectivity index (χ0n) is 11.7. The highest BCUT2D eigenvalue weighted by Crippen LogP contribution is 2.15. The number of aryl methyl sites for hydroxylation is 1. The zero-order valence-corrected chi connectivity index (χ0v) is 12.5. The van der Waals surface area contributed by atoms with Gasteiger partial charge in [0.15, 0.2) is 0 Å². The summed E-state index contributed by atoms with van der Waals surface area (Å²) in [4.78, 5) is 11.0. The number of rotatable bonds is 5. The van der Waals surface area contributed by atoms with Crippen molar-refractivity contribution in [2.24, 2.45) is 0 Å². The molecule has 1 aromatic carbocycles. The van der Waals surface area contributed by atoms with Gasteiger partial charge < -0.3 is 9.73 Å². The molecular formula is C14H16N2O4S. The van der Waals surface area contributed by atoms with Gasteiger partial charge in [0.1, 0.15) is 11.5 Å². The van der Waals surface area contributed by atoms with Crippen LogP contribution in [0.3, 0.4) is 0 Å². The van der Waals surface area contributed by atoms with E-state index in [1.807, 2.05) is 0 Å². The van der Waals surface area contributed by atoms with Gasteiger partial charge in [-0.1, -0.05) is 0 Å². The average molecular weight is 308 g/mol. The molecule has 0 aliphatic heterocycles. The maximum Gasteiger partial charge on any atom is 0.240 e. The maximum atomic E-state index is 12.1. The van der Waals surface area contributed by atoms with E-state index in [1.54, 1.807) is 19.1 Å². The Morgan fingerprint density at radius 1 is 1.14 bits per heavy atom. The molecule has 0 fully saturated rings. The van der Waals surface area contributed by atoms with Gasteiger partial charge in [-0.25, -0.2) is 13.1 Å². The zero-order chi connectivity index (χ0) is 15.5. The highest BCUT2D eigenvalue weighted by Gasteiger charge is 2.14. The molecule has 0 unspecified atom stereocenters. The van der Waals surface area contributed by atoms with Crippen LogP contribution in [-0.4, -0.2) is 14.3 Å². The summed E-state index contributed by atoms with van der Waals surface area (Å²) >= 11 is 0. The van der Waals surface area contributed by atoms with Crippen molar-refractivity contribution in [3.05, 3.63) is 47.9 Å². The molecule has 7 heteroatoms. The summed E-state index contributed by atoms with van der Waals surface area (Å²) in [6, 6.07) is 9.42. The third-order valence-electron chi connectivity index (χ3n) is 2.72. The van der Waals surface area contributed by atoms with Crippen molar-refractivity contribution in [1.29, 1.82) is 0 Å². The number of amides is 1. The van der Waals surface area contributed by atoms with Crippen LogP contribution in [0.25, 0.3) is 0 Å². The number of carbonyl (C=O) groups excluding carboxylic acids is 1. The third-order valence-corrected chi connectivity index (χ3v) is 4.13. The van der Waals surface area contributed by atoms with E-state index in [9.17, 15) is 13.2 Å². The molecule has 0 saturated carbocycles. The Labute approximate surface area is 123 Å². The van der Waals surface area contributed by atoms with E-state index in [0.29, 0.717) is 11.4 Å². The SMILES string of the molecule is CC(=O)Nc1ccc(S(=O)(=O)NCc2ccc(C)o2)cc1. The van der Waals surface area contributed by atoms with Crippen molar-refractivity contribution in [3.8, 4) is 0 Å². The molecule has 0 atom stereocenters. The van der Waals surface area contributed by atoms with Crippen LogP contribution < -0.4 is 10.0 Å². The molecule has 0 radical (unpaired) electrons. The number of furan rings is 1. The second-order valence-electron chi connectivity index (χ2n) is 4.54. The Morgan fingerprint density at radius 2 is 1.81 bits per heavy atom. The molecule has 0 aliphatic rings. The van der Waals surface area contributed by atoms with Crippen LogP contribution in [0, 0.1) is 6.92 Å². The van der Waals surface area contributed by atoms with Crippen molar-refractivity contribution >= 4 is 21.6 Å². The monoisotopic (exact) mass is 308 g/mol. The van der Waals surface area contributed by atoms with Gasteiger partial charge in [-0.3, -0.25) is 4.79 Å². The molecule has 2 aromatic rings. The normalized spacial score (nSPS) is 11.3. The molecule has 1 amide bonds. The first kappa shape index (κ1) is 15.3. The van der Waals surface area contributed by atoms with Crippen molar-refractivity contribution in [2.75, 3.05) is 5.32 Å². The van der Waals surface area contributed by atoms with E-state index in [1.165, 1.54) is 31.2 Å². The minimum atomic E-state index is -3.62.